The Labute approximate surface area is 160 Å². The van der Waals surface area contributed by atoms with Crippen LogP contribution in [-0.4, -0.2) is 40.3 Å². The van der Waals surface area contributed by atoms with Crippen LogP contribution < -0.4 is 10.6 Å². The zero-order valence-corrected chi connectivity index (χ0v) is 15.4. The number of amides is 1. The second-order valence-corrected chi connectivity index (χ2v) is 7.52. The van der Waals surface area contributed by atoms with Crippen molar-refractivity contribution in [2.24, 2.45) is 0 Å². The van der Waals surface area contributed by atoms with E-state index in [-0.39, 0.29) is 24.0 Å². The number of hydrogen-bond donors (Lipinski definition) is 3. The summed E-state index contributed by atoms with van der Waals surface area (Å²) in [6.45, 7) is 1.34. The summed E-state index contributed by atoms with van der Waals surface area (Å²) < 4.78 is 0. The number of carbonyl (C=O) groups excluding carboxylic acids is 1. The van der Waals surface area contributed by atoms with E-state index in [4.69, 9.17) is 0 Å². The van der Waals surface area contributed by atoms with Gasteiger partial charge in [0.1, 0.15) is 0 Å². The molecular weight excluding hydrogens is 338 g/mol. The van der Waals surface area contributed by atoms with Crippen LogP contribution >= 0.6 is 0 Å². The van der Waals surface area contributed by atoms with Gasteiger partial charge in [-0.15, -0.1) is 0 Å². The fourth-order valence-electron chi connectivity index (χ4n) is 4.37. The summed E-state index contributed by atoms with van der Waals surface area (Å²) in [5.41, 5.74) is 2.34. The van der Waals surface area contributed by atoms with Gasteiger partial charge in [-0.2, -0.15) is 0 Å². The van der Waals surface area contributed by atoms with E-state index in [0.29, 0.717) is 6.54 Å². The zero-order valence-electron chi connectivity index (χ0n) is 15.4. The number of hydrogen-bond acceptors (Lipinski definition) is 4. The largest absolute Gasteiger partial charge is 0.370 e. The molecule has 2 fully saturated rings. The van der Waals surface area contributed by atoms with Crippen LogP contribution in [0.2, 0.25) is 0 Å². The number of piperazine rings is 1. The van der Waals surface area contributed by atoms with E-state index in [0.717, 1.165) is 31.4 Å². The van der Waals surface area contributed by atoms with Gasteiger partial charge in [0.2, 0.25) is 0 Å². The Bertz CT molecular complexity index is 753. The van der Waals surface area contributed by atoms with Crippen molar-refractivity contribution < 1.29 is 9.90 Å². The third-order valence-corrected chi connectivity index (χ3v) is 5.74. The summed E-state index contributed by atoms with van der Waals surface area (Å²) in [5, 5.41) is 17.2. The molecule has 4 atom stereocenters. The predicted octanol–water partition coefficient (Wildman–Crippen LogP) is 2.02. The minimum absolute atomic E-state index is 0.0545. The highest BCUT2D eigenvalue weighted by molar-refractivity contribution is 5.81. The number of carbonyl (C=O) groups is 1. The van der Waals surface area contributed by atoms with E-state index in [1.54, 1.807) is 0 Å². The number of benzene rings is 2. The Balaban J connectivity index is 1.49. The third kappa shape index (κ3) is 4.05. The monoisotopic (exact) mass is 365 g/mol. The summed E-state index contributed by atoms with van der Waals surface area (Å²) in [5.74, 6) is -0.219. The van der Waals surface area contributed by atoms with Crippen LogP contribution in [-0.2, 0) is 17.9 Å². The molecule has 4 rings (SSSR count). The fourth-order valence-corrected chi connectivity index (χ4v) is 4.37. The molecule has 5 heteroatoms. The van der Waals surface area contributed by atoms with E-state index < -0.39 is 6.23 Å². The Hall–Kier alpha value is -2.21. The van der Waals surface area contributed by atoms with Gasteiger partial charge < -0.3 is 15.3 Å². The average Bonchev–Trinajstić information content (AvgIpc) is 2.71. The first-order chi connectivity index (χ1) is 13.2. The second kappa shape index (κ2) is 8.21. The molecule has 2 aromatic rings. The van der Waals surface area contributed by atoms with Crippen LogP contribution in [0.15, 0.2) is 60.7 Å². The fraction of sp³-hybridized carbons (Fsp3) is 0.409. The second-order valence-electron chi connectivity index (χ2n) is 7.52. The maximum atomic E-state index is 12.7. The van der Waals surface area contributed by atoms with Gasteiger partial charge in [-0.3, -0.25) is 10.1 Å². The van der Waals surface area contributed by atoms with Gasteiger partial charge in [-0.25, -0.2) is 0 Å². The van der Waals surface area contributed by atoms with Gasteiger partial charge in [-0.05, 0) is 30.4 Å². The SMILES string of the molecule is O=C1C(O)N[C@H]2[C@H](NCc3ccccc3)CCC[C@@H]2N1Cc1ccccc1. The number of rotatable bonds is 5. The lowest BCUT2D eigenvalue weighted by atomic mass is 9.82. The zero-order chi connectivity index (χ0) is 18.6. The van der Waals surface area contributed by atoms with Crippen molar-refractivity contribution in [1.82, 2.24) is 15.5 Å². The Morgan fingerprint density at radius 3 is 2.37 bits per heavy atom. The molecule has 1 unspecified atom stereocenters. The molecule has 2 aliphatic rings. The van der Waals surface area contributed by atoms with Gasteiger partial charge >= 0.3 is 0 Å². The summed E-state index contributed by atoms with van der Waals surface area (Å²) in [6.07, 6.45) is 1.95. The van der Waals surface area contributed by atoms with Crippen LogP contribution in [0.1, 0.15) is 30.4 Å². The van der Waals surface area contributed by atoms with E-state index in [1.807, 2.05) is 53.4 Å². The van der Waals surface area contributed by atoms with Crippen LogP contribution in [0, 0.1) is 0 Å². The molecule has 1 amide bonds. The molecule has 5 nitrogen and oxygen atoms in total. The van der Waals surface area contributed by atoms with Gasteiger partial charge in [0.15, 0.2) is 6.23 Å². The Morgan fingerprint density at radius 1 is 1.00 bits per heavy atom. The van der Waals surface area contributed by atoms with Crippen molar-refractivity contribution in [3.05, 3.63) is 71.8 Å². The van der Waals surface area contributed by atoms with Crippen LogP contribution in [0.3, 0.4) is 0 Å². The molecule has 0 radical (unpaired) electrons. The minimum atomic E-state index is -1.13. The van der Waals surface area contributed by atoms with E-state index in [1.165, 1.54) is 5.56 Å². The van der Waals surface area contributed by atoms with E-state index >= 15 is 0 Å². The van der Waals surface area contributed by atoms with Crippen molar-refractivity contribution in [3.63, 3.8) is 0 Å². The van der Waals surface area contributed by atoms with E-state index in [2.05, 4.69) is 22.8 Å². The number of nitrogens with zero attached hydrogens (tertiary/aromatic N) is 1. The highest BCUT2D eigenvalue weighted by Gasteiger charge is 2.45. The van der Waals surface area contributed by atoms with Gasteiger partial charge in [0, 0.05) is 31.2 Å². The van der Waals surface area contributed by atoms with Crippen molar-refractivity contribution in [2.45, 2.75) is 56.7 Å². The third-order valence-electron chi connectivity index (χ3n) is 5.74. The molecule has 142 valence electrons. The molecule has 1 aliphatic heterocycles. The Morgan fingerprint density at radius 2 is 1.67 bits per heavy atom. The first-order valence-corrected chi connectivity index (χ1v) is 9.78. The molecule has 0 bridgehead atoms. The molecule has 27 heavy (non-hydrogen) atoms. The standard InChI is InChI=1S/C22H27N3O2/c26-21-22(27)25(15-17-10-5-2-6-11-17)19-13-7-12-18(20(19)24-21)23-14-16-8-3-1-4-9-16/h1-6,8-11,18-21,23-24,26H,7,12-15H2/t18-,19+,20+,21?/m1/s1. The van der Waals surface area contributed by atoms with Crippen LogP contribution in [0.4, 0.5) is 0 Å². The van der Waals surface area contributed by atoms with Gasteiger partial charge in [0.25, 0.3) is 5.91 Å². The lowest BCUT2D eigenvalue weighted by Gasteiger charge is -2.49. The summed E-state index contributed by atoms with van der Waals surface area (Å²) in [6, 6.07) is 20.7. The quantitative estimate of drug-likeness (QED) is 0.759. The molecule has 1 saturated heterocycles. The molecule has 1 aliphatic carbocycles. The molecule has 2 aromatic carbocycles. The van der Waals surface area contributed by atoms with Crippen LogP contribution in [0.5, 0.6) is 0 Å². The normalized spacial score (nSPS) is 28.0. The van der Waals surface area contributed by atoms with Gasteiger partial charge in [0.05, 0.1) is 0 Å². The lowest BCUT2D eigenvalue weighted by Crippen LogP contribution is -2.71. The predicted molar refractivity (Wildman–Crippen MR) is 105 cm³/mol. The van der Waals surface area contributed by atoms with E-state index in [9.17, 15) is 9.90 Å². The Kier molecular flexibility index (Phi) is 5.53. The van der Waals surface area contributed by atoms with Crippen molar-refractivity contribution in [3.8, 4) is 0 Å². The van der Waals surface area contributed by atoms with Gasteiger partial charge in [-0.1, -0.05) is 60.7 Å². The maximum absolute atomic E-state index is 12.7. The molecule has 1 heterocycles. The average molecular weight is 365 g/mol. The molecular formula is C22H27N3O2. The highest BCUT2D eigenvalue weighted by Crippen LogP contribution is 2.29. The number of fused-ring (bicyclic) bond motifs is 1. The molecule has 0 spiro atoms. The van der Waals surface area contributed by atoms with Crippen molar-refractivity contribution >= 4 is 5.91 Å². The first-order valence-electron chi connectivity index (χ1n) is 9.78. The smallest absolute Gasteiger partial charge is 0.267 e. The highest BCUT2D eigenvalue weighted by atomic mass is 16.3. The van der Waals surface area contributed by atoms with Crippen molar-refractivity contribution in [1.29, 1.82) is 0 Å². The number of aliphatic hydroxyl groups is 1. The number of aliphatic hydroxyl groups excluding tert-OH is 1. The molecule has 0 aromatic heterocycles. The number of nitrogens with one attached hydrogen (secondary N) is 2. The van der Waals surface area contributed by atoms with Crippen molar-refractivity contribution in [2.75, 3.05) is 0 Å². The summed E-state index contributed by atoms with van der Waals surface area (Å²) in [7, 11) is 0. The lowest BCUT2D eigenvalue weighted by molar-refractivity contribution is -0.155. The minimum Gasteiger partial charge on any atom is -0.370 e. The summed E-state index contributed by atoms with van der Waals surface area (Å²) in [4.78, 5) is 14.5. The summed E-state index contributed by atoms with van der Waals surface area (Å²) >= 11 is 0. The molecule has 3 N–H and O–H groups in total. The molecule has 1 saturated carbocycles. The maximum Gasteiger partial charge on any atom is 0.267 e. The van der Waals surface area contributed by atoms with Crippen LogP contribution in [0.25, 0.3) is 0 Å². The first kappa shape index (κ1) is 18.2. The topological polar surface area (TPSA) is 64.6 Å².